The normalized spacial score (nSPS) is 18.1. The Labute approximate surface area is 313 Å². The number of aryl methyl sites for hydroxylation is 1. The van der Waals surface area contributed by atoms with Crippen molar-refractivity contribution in [2.24, 2.45) is 9.98 Å². The summed E-state index contributed by atoms with van der Waals surface area (Å²) in [6, 6.07) is 22.6. The molecule has 8 rings (SSSR count). The topological polar surface area (TPSA) is 111 Å². The minimum atomic E-state index is -0.200. The number of fused-ring (bicyclic) bond motifs is 4. The SMILES string of the molecule is COc1ccc(C2=CN3C(=O)c4cc(OC)c(OCCCOc5cc6c(cc5OC)C(=O)N5C=C(c7ccc(C)cc7)C[C@H]5C=N6)cc4N=CC3C2)cc1. The van der Waals surface area contributed by atoms with Crippen LogP contribution in [0.1, 0.15) is 56.7 Å². The third kappa shape index (κ3) is 6.57. The maximum atomic E-state index is 13.7. The number of nitrogens with zero attached hydrogens (tertiary/aromatic N) is 4. The lowest BCUT2D eigenvalue weighted by molar-refractivity contribution is 0.0809. The predicted octanol–water partition coefficient (Wildman–Crippen LogP) is 7.81. The van der Waals surface area contributed by atoms with Crippen molar-refractivity contribution in [1.82, 2.24) is 9.80 Å². The highest BCUT2D eigenvalue weighted by Gasteiger charge is 2.35. The van der Waals surface area contributed by atoms with Gasteiger partial charge in [0.05, 0.1) is 69.1 Å². The summed E-state index contributed by atoms with van der Waals surface area (Å²) in [6.07, 6.45) is 9.35. The van der Waals surface area contributed by atoms with Gasteiger partial charge in [-0.15, -0.1) is 0 Å². The second kappa shape index (κ2) is 14.6. The highest BCUT2D eigenvalue weighted by Crippen LogP contribution is 2.42. The molecule has 54 heavy (non-hydrogen) atoms. The molecule has 0 aromatic heterocycles. The van der Waals surface area contributed by atoms with Crippen LogP contribution in [0.3, 0.4) is 0 Å². The van der Waals surface area contributed by atoms with Gasteiger partial charge in [0.1, 0.15) is 5.75 Å². The van der Waals surface area contributed by atoms with E-state index in [-0.39, 0.29) is 23.9 Å². The molecule has 2 amide bonds. The van der Waals surface area contributed by atoms with Gasteiger partial charge in [0.15, 0.2) is 23.0 Å². The summed E-state index contributed by atoms with van der Waals surface area (Å²) in [7, 11) is 4.73. The van der Waals surface area contributed by atoms with Crippen LogP contribution in [-0.2, 0) is 0 Å². The molecule has 274 valence electrons. The number of aliphatic imine (C=N–C) groups is 2. The van der Waals surface area contributed by atoms with Crippen molar-refractivity contribution >= 4 is 46.8 Å². The molecular weight excluding hydrogens is 684 g/mol. The first-order valence-electron chi connectivity index (χ1n) is 17.9. The molecule has 4 aliphatic heterocycles. The molecular formula is C43H40N4O7. The fourth-order valence-corrected chi connectivity index (χ4v) is 7.14. The minimum absolute atomic E-state index is 0.135. The molecule has 4 heterocycles. The van der Waals surface area contributed by atoms with E-state index in [4.69, 9.17) is 33.7 Å². The summed E-state index contributed by atoms with van der Waals surface area (Å²) >= 11 is 0. The number of carbonyl (C=O) groups is 2. The number of methoxy groups -OCH3 is 3. The zero-order valence-electron chi connectivity index (χ0n) is 30.6. The molecule has 0 N–H and O–H groups in total. The second-order valence-corrected chi connectivity index (χ2v) is 13.5. The molecule has 4 aromatic carbocycles. The van der Waals surface area contributed by atoms with Gasteiger partial charge < -0.3 is 33.5 Å². The Kier molecular flexibility index (Phi) is 9.37. The Morgan fingerprint density at radius 2 is 1.07 bits per heavy atom. The van der Waals surface area contributed by atoms with E-state index in [2.05, 4.69) is 31.2 Å². The van der Waals surface area contributed by atoms with Gasteiger partial charge >= 0.3 is 0 Å². The number of amides is 2. The molecule has 2 atom stereocenters. The molecule has 11 nitrogen and oxygen atoms in total. The van der Waals surface area contributed by atoms with Gasteiger partial charge in [-0.2, -0.15) is 0 Å². The quantitative estimate of drug-likeness (QED) is 0.145. The van der Waals surface area contributed by atoms with Crippen LogP contribution in [-0.4, -0.2) is 80.7 Å². The van der Waals surface area contributed by atoms with Crippen LogP contribution < -0.4 is 23.7 Å². The van der Waals surface area contributed by atoms with Gasteiger partial charge in [0.25, 0.3) is 11.8 Å². The van der Waals surface area contributed by atoms with Crippen LogP contribution >= 0.6 is 0 Å². The van der Waals surface area contributed by atoms with Crippen molar-refractivity contribution in [3.63, 3.8) is 0 Å². The lowest BCUT2D eigenvalue weighted by atomic mass is 10.0. The third-order valence-electron chi connectivity index (χ3n) is 10.1. The van der Waals surface area contributed by atoms with Crippen LogP contribution in [0, 0.1) is 6.92 Å². The monoisotopic (exact) mass is 724 g/mol. The zero-order valence-corrected chi connectivity index (χ0v) is 30.6. The number of rotatable bonds is 11. The van der Waals surface area contributed by atoms with E-state index < -0.39 is 0 Å². The van der Waals surface area contributed by atoms with Crippen LogP contribution in [0.5, 0.6) is 28.7 Å². The van der Waals surface area contributed by atoms with Crippen molar-refractivity contribution in [2.45, 2.75) is 38.3 Å². The molecule has 11 heteroatoms. The summed E-state index contributed by atoms with van der Waals surface area (Å²) < 4.78 is 28.8. The number of hydrogen-bond donors (Lipinski definition) is 0. The first kappa shape index (κ1) is 34.7. The molecule has 0 aliphatic carbocycles. The van der Waals surface area contributed by atoms with Crippen molar-refractivity contribution in [2.75, 3.05) is 34.5 Å². The van der Waals surface area contributed by atoms with Gasteiger partial charge in [-0.05, 0) is 53.5 Å². The van der Waals surface area contributed by atoms with Crippen molar-refractivity contribution in [1.29, 1.82) is 0 Å². The first-order valence-corrected chi connectivity index (χ1v) is 17.9. The fraction of sp³-hybridized carbons (Fsp3) is 0.256. The highest BCUT2D eigenvalue weighted by atomic mass is 16.5. The molecule has 1 unspecified atom stereocenters. The summed E-state index contributed by atoms with van der Waals surface area (Å²) in [5.41, 5.74) is 7.41. The van der Waals surface area contributed by atoms with Crippen molar-refractivity contribution in [3.05, 3.63) is 113 Å². The lowest BCUT2D eigenvalue weighted by Gasteiger charge is -2.19. The molecule has 4 aliphatic rings. The maximum Gasteiger partial charge on any atom is 0.260 e. The molecule has 0 saturated heterocycles. The number of ether oxygens (including phenoxy) is 5. The maximum absolute atomic E-state index is 13.7. The van der Waals surface area contributed by atoms with Gasteiger partial charge in [0, 0.05) is 56.2 Å². The Morgan fingerprint density at radius 1 is 0.611 bits per heavy atom. The molecule has 0 radical (unpaired) electrons. The van der Waals surface area contributed by atoms with Crippen LogP contribution in [0.4, 0.5) is 11.4 Å². The summed E-state index contributed by atoms with van der Waals surface area (Å²) in [4.78, 5) is 40.4. The Balaban J connectivity index is 0.909. The smallest absolute Gasteiger partial charge is 0.260 e. The van der Waals surface area contributed by atoms with Gasteiger partial charge in [0.2, 0.25) is 0 Å². The average Bonchev–Trinajstić information content (AvgIpc) is 3.78. The van der Waals surface area contributed by atoms with Crippen LogP contribution in [0.2, 0.25) is 0 Å². The van der Waals surface area contributed by atoms with E-state index in [9.17, 15) is 9.59 Å². The second-order valence-electron chi connectivity index (χ2n) is 13.5. The van der Waals surface area contributed by atoms with E-state index in [1.807, 2.05) is 49.1 Å². The summed E-state index contributed by atoms with van der Waals surface area (Å²) in [5.74, 6) is 2.34. The van der Waals surface area contributed by atoms with Crippen molar-refractivity contribution in [3.8, 4) is 28.7 Å². The predicted molar refractivity (Wildman–Crippen MR) is 207 cm³/mol. The molecule has 0 saturated carbocycles. The van der Waals surface area contributed by atoms with Gasteiger partial charge in [-0.3, -0.25) is 19.6 Å². The van der Waals surface area contributed by atoms with Crippen LogP contribution in [0.15, 0.2) is 95.2 Å². The molecule has 0 spiro atoms. The van der Waals surface area contributed by atoms with Crippen molar-refractivity contribution < 1.29 is 33.3 Å². The summed E-state index contributed by atoms with van der Waals surface area (Å²) in [6.45, 7) is 2.68. The van der Waals surface area contributed by atoms with E-state index in [1.165, 1.54) is 5.56 Å². The third-order valence-corrected chi connectivity index (χ3v) is 10.1. The molecule has 0 fully saturated rings. The van der Waals surface area contributed by atoms with E-state index in [1.54, 1.807) is 55.4 Å². The number of benzene rings is 4. The average molecular weight is 725 g/mol. The Hall–Kier alpha value is -6.36. The molecule has 4 aromatic rings. The van der Waals surface area contributed by atoms with Gasteiger partial charge in [-0.1, -0.05) is 42.0 Å². The first-order chi connectivity index (χ1) is 26.3. The summed E-state index contributed by atoms with van der Waals surface area (Å²) in [5, 5.41) is 0. The largest absolute Gasteiger partial charge is 0.497 e. The zero-order chi connectivity index (χ0) is 37.3. The Bertz CT molecular complexity index is 2240. The fourth-order valence-electron chi connectivity index (χ4n) is 7.14. The van der Waals surface area contributed by atoms with E-state index >= 15 is 0 Å². The highest BCUT2D eigenvalue weighted by molar-refractivity contribution is 6.06. The van der Waals surface area contributed by atoms with Crippen LogP contribution in [0.25, 0.3) is 11.1 Å². The number of carbonyl (C=O) groups excluding carboxylic acids is 2. The van der Waals surface area contributed by atoms with E-state index in [0.717, 1.165) is 28.0 Å². The molecule has 0 bridgehead atoms. The minimum Gasteiger partial charge on any atom is -0.497 e. The number of hydrogen-bond acceptors (Lipinski definition) is 9. The standard InChI is InChI=1S/C43H40N4O7/c1-26-6-8-27(9-7-26)29-16-31-22-44-36-20-40(38(51-3)18-34(36)42(48)46(31)24-29)53-14-5-15-54-41-21-37-35(19-39(41)52-4)43(49)47-25-30(17-32(47)23-45-37)28-10-12-33(50-2)13-11-28/h6-13,18-25,31-32H,5,14-17H2,1-4H3/t31-,32?/m0/s1. The van der Waals surface area contributed by atoms with Gasteiger partial charge in [-0.25, -0.2) is 0 Å². The van der Waals surface area contributed by atoms with E-state index in [0.29, 0.717) is 78.0 Å². The lowest BCUT2D eigenvalue weighted by Crippen LogP contribution is -2.32. The Morgan fingerprint density at radius 3 is 1.52 bits per heavy atom.